The molecule has 3 heterocycles. The lowest BCUT2D eigenvalue weighted by Gasteiger charge is -2.17. The zero-order valence-electron chi connectivity index (χ0n) is 16.9. The molecular weight excluding hydrogens is 420 g/mol. The highest BCUT2D eigenvalue weighted by molar-refractivity contribution is 7.14. The molecule has 0 saturated carbocycles. The molecule has 2 amide bonds. The van der Waals surface area contributed by atoms with E-state index >= 15 is 0 Å². The summed E-state index contributed by atoms with van der Waals surface area (Å²) in [4.78, 5) is 45.6. The molecule has 3 aromatic rings. The Kier molecular flexibility index (Phi) is 5.72. The van der Waals surface area contributed by atoms with Crippen molar-refractivity contribution >= 4 is 39.9 Å². The van der Waals surface area contributed by atoms with Gasteiger partial charge in [0.25, 0.3) is 0 Å². The van der Waals surface area contributed by atoms with Gasteiger partial charge in [-0.25, -0.2) is 9.78 Å². The highest BCUT2D eigenvalue weighted by Gasteiger charge is 2.35. The van der Waals surface area contributed by atoms with E-state index in [1.807, 2.05) is 6.07 Å². The summed E-state index contributed by atoms with van der Waals surface area (Å²) in [6.07, 6.45) is 1.77. The molecule has 10 heteroatoms. The quantitative estimate of drug-likeness (QED) is 0.570. The molecule has 4 rings (SSSR count). The van der Waals surface area contributed by atoms with Crippen LogP contribution in [0.2, 0.25) is 0 Å². The zero-order chi connectivity index (χ0) is 22.0. The molecule has 2 N–H and O–H groups in total. The number of amides is 2. The Morgan fingerprint density at radius 2 is 2.13 bits per heavy atom. The average molecular weight is 440 g/mol. The topological polar surface area (TPSA) is 114 Å². The Morgan fingerprint density at radius 3 is 2.90 bits per heavy atom. The van der Waals surface area contributed by atoms with E-state index in [9.17, 15) is 14.4 Å². The van der Waals surface area contributed by atoms with Crippen LogP contribution in [0.1, 0.15) is 16.9 Å². The molecule has 0 spiro atoms. The van der Waals surface area contributed by atoms with Crippen LogP contribution >= 0.6 is 11.3 Å². The van der Waals surface area contributed by atoms with Crippen LogP contribution in [-0.4, -0.2) is 48.5 Å². The number of carbonyl (C=O) groups is 3. The first-order valence-corrected chi connectivity index (χ1v) is 10.3. The summed E-state index contributed by atoms with van der Waals surface area (Å²) in [7, 11) is 2.87. The van der Waals surface area contributed by atoms with Gasteiger partial charge in [0, 0.05) is 41.9 Å². The molecule has 1 aliphatic rings. The Morgan fingerprint density at radius 1 is 1.29 bits per heavy atom. The number of aromatic amines is 1. The maximum atomic E-state index is 12.7. The monoisotopic (exact) mass is 440 g/mol. The van der Waals surface area contributed by atoms with E-state index in [1.54, 1.807) is 47.9 Å². The number of ether oxygens (including phenoxy) is 2. The van der Waals surface area contributed by atoms with Crippen LogP contribution in [0, 0.1) is 5.92 Å². The summed E-state index contributed by atoms with van der Waals surface area (Å²) in [6.45, 7) is 0.288. The van der Waals surface area contributed by atoms with Crippen molar-refractivity contribution in [2.45, 2.75) is 6.42 Å². The molecular formula is C21H20N4O5S. The number of rotatable bonds is 6. The Balaban J connectivity index is 1.41. The van der Waals surface area contributed by atoms with Gasteiger partial charge in [-0.3, -0.25) is 9.59 Å². The van der Waals surface area contributed by atoms with E-state index in [1.165, 1.54) is 18.4 Å². The fraction of sp³-hybridized carbons (Fsp3) is 0.238. The van der Waals surface area contributed by atoms with Crippen molar-refractivity contribution in [3.63, 3.8) is 0 Å². The number of carbonyl (C=O) groups excluding carboxylic acids is 3. The van der Waals surface area contributed by atoms with Gasteiger partial charge in [-0.2, -0.15) is 0 Å². The largest absolute Gasteiger partial charge is 0.497 e. The van der Waals surface area contributed by atoms with Crippen LogP contribution < -0.4 is 15.0 Å². The molecule has 1 atom stereocenters. The Hall–Kier alpha value is -3.66. The van der Waals surface area contributed by atoms with E-state index in [0.29, 0.717) is 33.5 Å². The van der Waals surface area contributed by atoms with Crippen molar-refractivity contribution in [2.75, 3.05) is 31.0 Å². The third-order valence-corrected chi connectivity index (χ3v) is 5.74. The maximum absolute atomic E-state index is 12.7. The van der Waals surface area contributed by atoms with Crippen molar-refractivity contribution in [2.24, 2.45) is 5.92 Å². The summed E-state index contributed by atoms with van der Waals surface area (Å²) in [5.74, 6) is -0.681. The van der Waals surface area contributed by atoms with Crippen LogP contribution in [0.4, 0.5) is 10.8 Å². The van der Waals surface area contributed by atoms with E-state index < -0.39 is 11.9 Å². The molecule has 0 unspecified atom stereocenters. The second-order valence-electron chi connectivity index (χ2n) is 6.93. The fourth-order valence-corrected chi connectivity index (χ4v) is 4.07. The summed E-state index contributed by atoms with van der Waals surface area (Å²) in [5.41, 5.74) is 2.34. The van der Waals surface area contributed by atoms with Gasteiger partial charge in [0.15, 0.2) is 5.13 Å². The van der Waals surface area contributed by atoms with Crippen molar-refractivity contribution < 1.29 is 23.9 Å². The lowest BCUT2D eigenvalue weighted by Crippen LogP contribution is -2.28. The number of nitrogens with one attached hydrogen (secondary N) is 2. The van der Waals surface area contributed by atoms with Crippen LogP contribution in [0.25, 0.3) is 11.3 Å². The predicted octanol–water partition coefficient (Wildman–Crippen LogP) is 2.93. The third kappa shape index (κ3) is 4.29. The number of hydrogen-bond donors (Lipinski definition) is 2. The fourth-order valence-electron chi connectivity index (χ4n) is 3.35. The number of aromatic nitrogens is 2. The maximum Gasteiger partial charge on any atom is 0.354 e. The molecule has 31 heavy (non-hydrogen) atoms. The third-order valence-electron chi connectivity index (χ3n) is 4.98. The highest BCUT2D eigenvalue weighted by Crippen LogP contribution is 2.30. The van der Waals surface area contributed by atoms with Gasteiger partial charge >= 0.3 is 5.97 Å². The summed E-state index contributed by atoms with van der Waals surface area (Å²) >= 11 is 1.27. The number of esters is 1. The highest BCUT2D eigenvalue weighted by atomic mass is 32.1. The molecule has 0 bridgehead atoms. The van der Waals surface area contributed by atoms with Gasteiger partial charge in [-0.15, -0.1) is 11.3 Å². The molecule has 160 valence electrons. The number of benzene rings is 1. The molecule has 0 aliphatic carbocycles. The van der Waals surface area contributed by atoms with Gasteiger partial charge in [0.2, 0.25) is 11.8 Å². The van der Waals surface area contributed by atoms with Crippen LogP contribution in [0.3, 0.4) is 0 Å². The molecule has 0 radical (unpaired) electrons. The van der Waals surface area contributed by atoms with Crippen molar-refractivity contribution in [1.29, 1.82) is 0 Å². The number of thiazole rings is 1. The van der Waals surface area contributed by atoms with E-state index in [2.05, 4.69) is 20.0 Å². The summed E-state index contributed by atoms with van der Waals surface area (Å²) in [5, 5.41) is 5.00. The standard InChI is InChI=1S/C21H20N4O5S/c1-29-15-5-3-4-14(8-15)25-10-13(7-18(25)26)19(27)24-21-23-17(11-31-21)12-6-16(22-9-12)20(28)30-2/h3-6,8-9,11,13,22H,7,10H2,1-2H3,(H,23,24,27)/t13-/m1/s1. The van der Waals surface area contributed by atoms with Crippen molar-refractivity contribution in [1.82, 2.24) is 9.97 Å². The molecule has 9 nitrogen and oxygen atoms in total. The first kappa shape index (κ1) is 20.6. The number of H-pyrrole nitrogens is 1. The number of hydrogen-bond acceptors (Lipinski definition) is 7. The SMILES string of the molecule is COC(=O)c1cc(-c2csc(NC(=O)[C@@H]3CC(=O)N(c4cccc(OC)c4)C3)n2)c[nH]1. The smallest absolute Gasteiger partial charge is 0.354 e. The van der Waals surface area contributed by atoms with Gasteiger partial charge in [0.05, 0.1) is 25.8 Å². The van der Waals surface area contributed by atoms with Gasteiger partial charge in [0.1, 0.15) is 11.4 Å². The minimum atomic E-state index is -0.482. The molecule has 1 aliphatic heterocycles. The number of anilines is 2. The van der Waals surface area contributed by atoms with Crippen LogP contribution in [0.5, 0.6) is 5.75 Å². The first-order valence-electron chi connectivity index (χ1n) is 9.46. The van der Waals surface area contributed by atoms with Gasteiger partial charge < -0.3 is 24.7 Å². The molecule has 2 aromatic heterocycles. The number of nitrogens with zero attached hydrogens (tertiary/aromatic N) is 2. The Labute approximate surface area is 182 Å². The first-order chi connectivity index (χ1) is 15.0. The van der Waals surface area contributed by atoms with E-state index in [-0.39, 0.29) is 24.8 Å². The minimum Gasteiger partial charge on any atom is -0.497 e. The molecule has 1 saturated heterocycles. The van der Waals surface area contributed by atoms with Gasteiger partial charge in [-0.1, -0.05) is 6.07 Å². The normalized spacial score (nSPS) is 15.7. The van der Waals surface area contributed by atoms with E-state index in [0.717, 1.165) is 0 Å². The molecule has 1 fully saturated rings. The Bertz CT molecular complexity index is 1140. The van der Waals surface area contributed by atoms with Gasteiger partial charge in [-0.05, 0) is 18.2 Å². The zero-order valence-corrected chi connectivity index (χ0v) is 17.7. The summed E-state index contributed by atoms with van der Waals surface area (Å²) in [6, 6.07) is 8.82. The number of methoxy groups -OCH3 is 2. The predicted molar refractivity (Wildman–Crippen MR) is 115 cm³/mol. The lowest BCUT2D eigenvalue weighted by molar-refractivity contribution is -0.122. The second kappa shape index (κ2) is 8.60. The second-order valence-corrected chi connectivity index (χ2v) is 7.79. The molecule has 1 aromatic carbocycles. The summed E-state index contributed by atoms with van der Waals surface area (Å²) < 4.78 is 9.89. The average Bonchev–Trinajstić information content (AvgIpc) is 3.52. The van der Waals surface area contributed by atoms with Crippen LogP contribution in [-0.2, 0) is 14.3 Å². The van der Waals surface area contributed by atoms with Crippen molar-refractivity contribution in [3.8, 4) is 17.0 Å². The minimum absolute atomic E-state index is 0.115. The van der Waals surface area contributed by atoms with Crippen LogP contribution in [0.15, 0.2) is 41.9 Å². The van der Waals surface area contributed by atoms with Crippen molar-refractivity contribution in [3.05, 3.63) is 47.6 Å². The lowest BCUT2D eigenvalue weighted by atomic mass is 10.1. The van der Waals surface area contributed by atoms with E-state index in [4.69, 9.17) is 4.74 Å².